The normalized spacial score (nSPS) is 10.8. The van der Waals surface area contributed by atoms with E-state index < -0.39 is 5.97 Å². The lowest BCUT2D eigenvalue weighted by Crippen LogP contribution is -2.18. The van der Waals surface area contributed by atoms with Gasteiger partial charge in [0.15, 0.2) is 0 Å². The number of nitrogens with one attached hydrogen (secondary N) is 1. The van der Waals surface area contributed by atoms with E-state index in [-0.39, 0.29) is 17.4 Å². The first kappa shape index (κ1) is 16.2. The number of amides is 1. The highest BCUT2D eigenvalue weighted by atomic mass is 32.1. The predicted octanol–water partition coefficient (Wildman–Crippen LogP) is 4.32. The molecule has 0 aliphatic carbocycles. The van der Waals surface area contributed by atoms with Crippen LogP contribution in [0.15, 0.2) is 24.3 Å². The van der Waals surface area contributed by atoms with Crippen molar-refractivity contribution in [1.82, 2.24) is 0 Å². The Morgan fingerprint density at radius 3 is 2.23 bits per heavy atom. The molecule has 2 aromatic rings. The lowest BCUT2D eigenvalue weighted by molar-refractivity contribution is -0.118. The third-order valence-electron chi connectivity index (χ3n) is 3.40. The first-order valence-electron chi connectivity index (χ1n) is 7.05. The molecule has 1 heterocycles. The quantitative estimate of drug-likeness (QED) is 0.882. The summed E-state index contributed by atoms with van der Waals surface area (Å²) in [5.41, 5.74) is 2.81. The molecular weight excluding hydrogens is 298 g/mol. The Hall–Kier alpha value is -2.14. The molecule has 5 heteroatoms. The standard InChI is InChI=1S/C17H19NO3S/c1-9(2)15(19)18-16-14(17(20)21)13(11(4)22-16)12-7-5-10(3)6-8-12/h5-9H,1-4H3,(H,18,19)(H,20,21). The highest BCUT2D eigenvalue weighted by Gasteiger charge is 2.24. The van der Waals surface area contributed by atoms with Gasteiger partial charge >= 0.3 is 5.97 Å². The maximum Gasteiger partial charge on any atom is 0.339 e. The maximum atomic E-state index is 11.9. The molecule has 2 rings (SSSR count). The number of hydrogen-bond acceptors (Lipinski definition) is 3. The van der Waals surface area contributed by atoms with E-state index in [0.29, 0.717) is 10.6 Å². The molecule has 1 amide bonds. The number of aryl methyl sites for hydroxylation is 2. The number of anilines is 1. The summed E-state index contributed by atoms with van der Waals surface area (Å²) in [6.07, 6.45) is 0. The molecule has 0 atom stereocenters. The zero-order valence-electron chi connectivity index (χ0n) is 13.1. The van der Waals surface area contributed by atoms with Crippen molar-refractivity contribution in [2.24, 2.45) is 5.92 Å². The molecule has 1 aromatic heterocycles. The molecule has 0 aliphatic rings. The van der Waals surface area contributed by atoms with Crippen molar-refractivity contribution in [2.75, 3.05) is 5.32 Å². The van der Waals surface area contributed by atoms with Gasteiger partial charge in [-0.15, -0.1) is 11.3 Å². The molecule has 0 spiro atoms. The van der Waals surface area contributed by atoms with E-state index >= 15 is 0 Å². The van der Waals surface area contributed by atoms with Crippen LogP contribution in [0.3, 0.4) is 0 Å². The van der Waals surface area contributed by atoms with E-state index in [1.165, 1.54) is 11.3 Å². The van der Waals surface area contributed by atoms with Crippen LogP contribution in [0.1, 0.15) is 34.6 Å². The average Bonchev–Trinajstić information content (AvgIpc) is 2.76. The fraction of sp³-hybridized carbons (Fsp3) is 0.294. The van der Waals surface area contributed by atoms with Gasteiger partial charge in [-0.05, 0) is 19.4 Å². The number of thiophene rings is 1. The number of carbonyl (C=O) groups excluding carboxylic acids is 1. The summed E-state index contributed by atoms with van der Waals surface area (Å²) in [5, 5.41) is 12.7. The number of benzene rings is 1. The Balaban J connectivity index is 2.55. The van der Waals surface area contributed by atoms with E-state index in [0.717, 1.165) is 16.0 Å². The van der Waals surface area contributed by atoms with Crippen LogP contribution in [0.5, 0.6) is 0 Å². The van der Waals surface area contributed by atoms with Gasteiger partial charge in [0.25, 0.3) is 0 Å². The number of carboxylic acids is 1. The molecule has 0 unspecified atom stereocenters. The molecule has 0 bridgehead atoms. The van der Waals surface area contributed by atoms with Gasteiger partial charge in [-0.3, -0.25) is 4.79 Å². The number of carbonyl (C=O) groups is 2. The summed E-state index contributed by atoms with van der Waals surface area (Å²) in [6.45, 7) is 7.40. The fourth-order valence-corrected chi connectivity index (χ4v) is 3.23. The van der Waals surface area contributed by atoms with Gasteiger partial charge in [-0.2, -0.15) is 0 Å². The highest BCUT2D eigenvalue weighted by molar-refractivity contribution is 7.17. The highest BCUT2D eigenvalue weighted by Crippen LogP contribution is 2.40. The first-order valence-corrected chi connectivity index (χ1v) is 7.87. The van der Waals surface area contributed by atoms with Gasteiger partial charge in [0.1, 0.15) is 10.6 Å². The van der Waals surface area contributed by atoms with Crippen LogP contribution < -0.4 is 5.32 Å². The Kier molecular flexibility index (Phi) is 4.66. The minimum atomic E-state index is -1.03. The lowest BCUT2D eigenvalue weighted by Gasteiger charge is -2.08. The molecule has 116 valence electrons. The summed E-state index contributed by atoms with van der Waals surface area (Å²) >= 11 is 1.30. The minimum Gasteiger partial charge on any atom is -0.478 e. The number of carboxylic acid groups (broad SMARTS) is 1. The van der Waals surface area contributed by atoms with Crippen molar-refractivity contribution in [3.8, 4) is 11.1 Å². The summed E-state index contributed by atoms with van der Waals surface area (Å²) in [6, 6.07) is 7.71. The van der Waals surface area contributed by atoms with Gasteiger partial charge in [-0.1, -0.05) is 43.7 Å². The van der Waals surface area contributed by atoms with Gasteiger partial charge in [-0.25, -0.2) is 4.79 Å². The third-order valence-corrected chi connectivity index (χ3v) is 4.42. The summed E-state index contributed by atoms with van der Waals surface area (Å²) in [4.78, 5) is 24.5. The first-order chi connectivity index (χ1) is 10.3. The van der Waals surface area contributed by atoms with Crippen molar-refractivity contribution < 1.29 is 14.7 Å². The number of aromatic carboxylic acids is 1. The van der Waals surface area contributed by atoms with Gasteiger partial charge in [0.2, 0.25) is 5.91 Å². The summed E-state index contributed by atoms with van der Waals surface area (Å²) in [5.74, 6) is -1.41. The summed E-state index contributed by atoms with van der Waals surface area (Å²) < 4.78 is 0. The zero-order valence-corrected chi connectivity index (χ0v) is 13.9. The van der Waals surface area contributed by atoms with Crippen LogP contribution in [-0.2, 0) is 4.79 Å². The topological polar surface area (TPSA) is 66.4 Å². The molecule has 0 saturated heterocycles. The van der Waals surface area contributed by atoms with Crippen LogP contribution in [0.4, 0.5) is 5.00 Å². The molecule has 0 saturated carbocycles. The molecule has 0 fully saturated rings. The van der Waals surface area contributed by atoms with Crippen LogP contribution in [0.2, 0.25) is 0 Å². The van der Waals surface area contributed by atoms with Crippen LogP contribution >= 0.6 is 11.3 Å². The molecule has 2 N–H and O–H groups in total. The molecular formula is C17H19NO3S. The second-order valence-corrected chi connectivity index (χ2v) is 6.78. The van der Waals surface area contributed by atoms with E-state index in [9.17, 15) is 14.7 Å². The van der Waals surface area contributed by atoms with Gasteiger partial charge in [0.05, 0.1) is 0 Å². The van der Waals surface area contributed by atoms with Crippen LogP contribution in [-0.4, -0.2) is 17.0 Å². The molecule has 1 aromatic carbocycles. The largest absolute Gasteiger partial charge is 0.478 e. The van der Waals surface area contributed by atoms with Crippen molar-refractivity contribution in [3.05, 3.63) is 40.3 Å². The van der Waals surface area contributed by atoms with E-state index in [2.05, 4.69) is 5.32 Å². The molecule has 22 heavy (non-hydrogen) atoms. The molecule has 0 radical (unpaired) electrons. The predicted molar refractivity (Wildman–Crippen MR) is 89.7 cm³/mol. The second kappa shape index (κ2) is 6.32. The lowest BCUT2D eigenvalue weighted by atomic mass is 10.0. The van der Waals surface area contributed by atoms with E-state index in [1.54, 1.807) is 13.8 Å². The minimum absolute atomic E-state index is 0.167. The molecule has 0 aliphatic heterocycles. The van der Waals surface area contributed by atoms with Crippen molar-refractivity contribution in [1.29, 1.82) is 0 Å². The Bertz CT molecular complexity index is 714. The Labute approximate surface area is 133 Å². The zero-order chi connectivity index (χ0) is 16.4. The number of hydrogen-bond donors (Lipinski definition) is 2. The number of rotatable bonds is 4. The van der Waals surface area contributed by atoms with Gasteiger partial charge < -0.3 is 10.4 Å². The van der Waals surface area contributed by atoms with Crippen molar-refractivity contribution in [3.63, 3.8) is 0 Å². The SMILES string of the molecule is Cc1ccc(-c2c(C)sc(NC(=O)C(C)C)c2C(=O)O)cc1. The average molecular weight is 317 g/mol. The van der Waals surface area contributed by atoms with E-state index in [4.69, 9.17) is 0 Å². The smallest absolute Gasteiger partial charge is 0.339 e. The molecule has 4 nitrogen and oxygen atoms in total. The summed E-state index contributed by atoms with van der Waals surface area (Å²) in [7, 11) is 0. The Morgan fingerprint density at radius 2 is 1.73 bits per heavy atom. The third kappa shape index (κ3) is 3.20. The monoisotopic (exact) mass is 317 g/mol. The second-order valence-electron chi connectivity index (χ2n) is 5.55. The van der Waals surface area contributed by atoms with Crippen molar-refractivity contribution in [2.45, 2.75) is 27.7 Å². The van der Waals surface area contributed by atoms with Crippen LogP contribution in [0, 0.1) is 19.8 Å². The fourth-order valence-electron chi connectivity index (χ4n) is 2.16. The van der Waals surface area contributed by atoms with Gasteiger partial charge in [0, 0.05) is 16.4 Å². The maximum absolute atomic E-state index is 11.9. The van der Waals surface area contributed by atoms with E-state index in [1.807, 2.05) is 38.1 Å². The van der Waals surface area contributed by atoms with Crippen molar-refractivity contribution >= 4 is 28.2 Å². The Morgan fingerprint density at radius 1 is 1.14 bits per heavy atom. The van der Waals surface area contributed by atoms with Crippen LogP contribution in [0.25, 0.3) is 11.1 Å².